The van der Waals surface area contributed by atoms with Gasteiger partial charge in [0, 0.05) is 16.5 Å². The molecule has 0 bridgehead atoms. The molecule has 2 rings (SSSR count). The highest BCUT2D eigenvalue weighted by atomic mass is 79.9. The van der Waals surface area contributed by atoms with Gasteiger partial charge in [0.25, 0.3) is 5.56 Å². The quantitative estimate of drug-likeness (QED) is 0.868. The van der Waals surface area contributed by atoms with Crippen molar-refractivity contribution in [1.82, 2.24) is 9.97 Å². The van der Waals surface area contributed by atoms with E-state index in [0.29, 0.717) is 22.6 Å². The van der Waals surface area contributed by atoms with Gasteiger partial charge in [-0.15, -0.1) is 11.3 Å². The van der Waals surface area contributed by atoms with Gasteiger partial charge in [0.2, 0.25) is 0 Å². The lowest BCUT2D eigenvalue weighted by Gasteiger charge is -2.04. The second kappa shape index (κ2) is 5.64. The molecule has 0 spiro atoms. The van der Waals surface area contributed by atoms with Crippen molar-refractivity contribution in [3.05, 3.63) is 35.9 Å². The van der Waals surface area contributed by atoms with Crippen molar-refractivity contribution in [3.8, 4) is 10.7 Å². The monoisotopic (exact) mass is 392 g/mol. The number of aryl methyl sites for hydroxylation is 1. The maximum Gasteiger partial charge on any atom is 0.265 e. The van der Waals surface area contributed by atoms with Crippen molar-refractivity contribution in [1.29, 1.82) is 0 Å². The minimum Gasteiger partial charge on any atom is -0.378 e. The molecule has 0 unspecified atom stereocenters. The Balaban J connectivity index is 2.55. The van der Waals surface area contributed by atoms with E-state index in [4.69, 9.17) is 4.74 Å². The van der Waals surface area contributed by atoms with E-state index in [2.05, 4.69) is 41.8 Å². The van der Waals surface area contributed by atoms with Gasteiger partial charge in [-0.2, -0.15) is 0 Å². The minimum absolute atomic E-state index is 0.200. The van der Waals surface area contributed by atoms with Crippen molar-refractivity contribution < 1.29 is 4.74 Å². The second-order valence-corrected chi connectivity index (χ2v) is 6.53. The fourth-order valence-electron chi connectivity index (χ4n) is 1.43. The Kier molecular flexibility index (Phi) is 4.37. The molecule has 0 radical (unpaired) electrons. The topological polar surface area (TPSA) is 55.0 Å². The number of thiophene rings is 1. The maximum atomic E-state index is 11.8. The Labute approximate surface area is 125 Å². The molecule has 0 atom stereocenters. The molecule has 0 saturated heterocycles. The molecule has 2 heterocycles. The van der Waals surface area contributed by atoms with Gasteiger partial charge in [-0.05, 0) is 44.8 Å². The summed E-state index contributed by atoms with van der Waals surface area (Å²) in [6.45, 7) is 2.30. The van der Waals surface area contributed by atoms with Crippen LogP contribution in [0, 0.1) is 6.92 Å². The van der Waals surface area contributed by atoms with E-state index >= 15 is 0 Å². The summed E-state index contributed by atoms with van der Waals surface area (Å²) in [6.07, 6.45) is 0. The van der Waals surface area contributed by atoms with Gasteiger partial charge in [0.15, 0.2) is 5.82 Å². The number of methoxy groups -OCH3 is 1. The normalized spacial score (nSPS) is 10.9. The minimum atomic E-state index is -0.200. The number of aromatic nitrogens is 2. The Bertz CT molecular complexity index is 617. The van der Waals surface area contributed by atoms with Gasteiger partial charge in [-0.25, -0.2) is 4.98 Å². The summed E-state index contributed by atoms with van der Waals surface area (Å²) < 4.78 is 6.46. The number of aromatic amines is 1. The van der Waals surface area contributed by atoms with Gasteiger partial charge < -0.3 is 9.72 Å². The molecule has 0 fully saturated rings. The highest BCUT2D eigenvalue weighted by Crippen LogP contribution is 2.32. The lowest BCUT2D eigenvalue weighted by atomic mass is 10.3. The highest BCUT2D eigenvalue weighted by Gasteiger charge is 2.12. The van der Waals surface area contributed by atoms with Crippen LogP contribution >= 0.6 is 43.2 Å². The molecule has 7 heteroatoms. The average molecular weight is 394 g/mol. The van der Waals surface area contributed by atoms with Gasteiger partial charge in [-0.1, -0.05) is 0 Å². The van der Waals surface area contributed by atoms with Crippen molar-refractivity contribution in [2.75, 3.05) is 7.11 Å². The molecule has 0 amide bonds. The molecule has 2 aromatic rings. The Morgan fingerprint density at radius 1 is 1.50 bits per heavy atom. The SMILES string of the molecule is COCc1nc(-c2cc(Br)c(C)s2)[nH]c(=O)c1Br. The summed E-state index contributed by atoms with van der Waals surface area (Å²) in [4.78, 5) is 21.0. The molecule has 4 nitrogen and oxygen atoms in total. The zero-order valence-corrected chi connectivity index (χ0v) is 13.7. The van der Waals surface area contributed by atoms with Crippen LogP contribution in [0.1, 0.15) is 10.6 Å². The van der Waals surface area contributed by atoms with Gasteiger partial charge in [0.05, 0.1) is 17.2 Å². The molecule has 0 saturated carbocycles. The smallest absolute Gasteiger partial charge is 0.265 e. The molecular formula is C11H10Br2N2O2S. The first-order chi connectivity index (χ1) is 8.52. The van der Waals surface area contributed by atoms with Gasteiger partial charge >= 0.3 is 0 Å². The summed E-state index contributed by atoms with van der Waals surface area (Å²) in [5.41, 5.74) is 0.396. The van der Waals surface area contributed by atoms with E-state index in [1.165, 1.54) is 0 Å². The van der Waals surface area contributed by atoms with Crippen molar-refractivity contribution in [2.24, 2.45) is 0 Å². The molecule has 0 aliphatic rings. The van der Waals surface area contributed by atoms with Crippen LogP contribution in [0.4, 0.5) is 0 Å². The number of nitrogens with one attached hydrogen (secondary N) is 1. The summed E-state index contributed by atoms with van der Waals surface area (Å²) >= 11 is 8.24. The summed E-state index contributed by atoms with van der Waals surface area (Å²) in [7, 11) is 1.57. The molecule has 0 aromatic carbocycles. The van der Waals surface area contributed by atoms with Gasteiger partial charge in [0.1, 0.15) is 4.47 Å². The third-order valence-corrected chi connectivity index (χ3v) is 5.26. The molecule has 96 valence electrons. The van der Waals surface area contributed by atoms with Crippen LogP contribution in [0.15, 0.2) is 19.8 Å². The second-order valence-electron chi connectivity index (χ2n) is 3.62. The van der Waals surface area contributed by atoms with E-state index < -0.39 is 0 Å². The Hall–Kier alpha value is -0.500. The summed E-state index contributed by atoms with van der Waals surface area (Å²) in [5.74, 6) is 0.564. The third kappa shape index (κ3) is 2.74. The maximum absolute atomic E-state index is 11.8. The lowest BCUT2D eigenvalue weighted by molar-refractivity contribution is 0.180. The number of hydrogen-bond donors (Lipinski definition) is 1. The lowest BCUT2D eigenvalue weighted by Crippen LogP contribution is -2.13. The predicted octanol–water partition coefficient (Wildman–Crippen LogP) is 3.48. The van der Waals surface area contributed by atoms with Crippen molar-refractivity contribution in [2.45, 2.75) is 13.5 Å². The number of halogens is 2. The van der Waals surface area contributed by atoms with Crippen LogP contribution in [0.3, 0.4) is 0 Å². The fourth-order valence-corrected chi connectivity index (χ4v) is 3.21. The number of hydrogen-bond acceptors (Lipinski definition) is 4. The molecule has 18 heavy (non-hydrogen) atoms. The van der Waals surface area contributed by atoms with Crippen LogP contribution in [0.5, 0.6) is 0 Å². The fraction of sp³-hybridized carbons (Fsp3) is 0.273. The van der Waals surface area contributed by atoms with Crippen molar-refractivity contribution >= 4 is 43.2 Å². The van der Waals surface area contributed by atoms with E-state index in [9.17, 15) is 4.79 Å². The van der Waals surface area contributed by atoms with E-state index in [0.717, 1.165) is 14.2 Å². The standard InChI is InChI=1S/C11H10Br2N2O2S/c1-5-6(12)3-8(18-5)10-14-7(4-17-2)9(13)11(16)15-10/h3H,4H2,1-2H3,(H,14,15,16). The Morgan fingerprint density at radius 3 is 2.78 bits per heavy atom. The third-order valence-electron chi connectivity index (χ3n) is 2.30. The number of nitrogens with zero attached hydrogens (tertiary/aromatic N) is 1. The van der Waals surface area contributed by atoms with Crippen LogP contribution in [0.2, 0.25) is 0 Å². The first-order valence-corrected chi connectivity index (χ1v) is 7.47. The van der Waals surface area contributed by atoms with Crippen LogP contribution < -0.4 is 5.56 Å². The predicted molar refractivity (Wildman–Crippen MR) is 79.0 cm³/mol. The summed E-state index contributed by atoms with van der Waals surface area (Å²) in [6, 6.07) is 1.95. The van der Waals surface area contributed by atoms with E-state index in [-0.39, 0.29) is 5.56 Å². The average Bonchev–Trinajstić information content (AvgIpc) is 2.65. The zero-order chi connectivity index (χ0) is 13.3. The van der Waals surface area contributed by atoms with Crippen LogP contribution in [-0.2, 0) is 11.3 Å². The van der Waals surface area contributed by atoms with Gasteiger partial charge in [-0.3, -0.25) is 4.79 Å². The molecule has 0 aliphatic carbocycles. The molecule has 0 aliphatic heterocycles. The van der Waals surface area contributed by atoms with Crippen molar-refractivity contribution in [3.63, 3.8) is 0 Å². The zero-order valence-electron chi connectivity index (χ0n) is 9.71. The van der Waals surface area contributed by atoms with E-state index in [1.54, 1.807) is 18.4 Å². The number of ether oxygens (including phenoxy) is 1. The molecule has 2 aromatic heterocycles. The number of H-pyrrole nitrogens is 1. The Morgan fingerprint density at radius 2 is 2.22 bits per heavy atom. The highest BCUT2D eigenvalue weighted by molar-refractivity contribution is 9.10. The number of rotatable bonds is 3. The first-order valence-electron chi connectivity index (χ1n) is 5.07. The summed E-state index contributed by atoms with van der Waals surface area (Å²) in [5, 5.41) is 0. The molecular weight excluding hydrogens is 384 g/mol. The van der Waals surface area contributed by atoms with Crippen LogP contribution in [-0.4, -0.2) is 17.1 Å². The van der Waals surface area contributed by atoms with Crippen LogP contribution in [0.25, 0.3) is 10.7 Å². The van der Waals surface area contributed by atoms with E-state index in [1.807, 2.05) is 13.0 Å². The molecule has 1 N–H and O–H groups in total. The largest absolute Gasteiger partial charge is 0.378 e. The first kappa shape index (κ1) is 13.9.